The van der Waals surface area contributed by atoms with E-state index in [0.717, 1.165) is 43.8 Å². The molecule has 0 radical (unpaired) electrons. The summed E-state index contributed by atoms with van der Waals surface area (Å²) >= 11 is 0. The van der Waals surface area contributed by atoms with Gasteiger partial charge in [0.25, 0.3) is 0 Å². The fraction of sp³-hybridized carbons (Fsp3) is 0. The van der Waals surface area contributed by atoms with Crippen molar-refractivity contribution < 1.29 is 16.5 Å². The van der Waals surface area contributed by atoms with Crippen LogP contribution < -0.4 is 22.9 Å². The van der Waals surface area contributed by atoms with Gasteiger partial charge in [-0.05, 0) is 72.8 Å². The number of rotatable bonds is 0. The van der Waals surface area contributed by atoms with Crippen LogP contribution in [0.2, 0.25) is 0 Å². The Kier molecular flexibility index (Phi) is 5.59. The molecule has 13 heteroatoms. The summed E-state index contributed by atoms with van der Waals surface area (Å²) < 4.78 is 0. The second-order valence-electron chi connectivity index (χ2n) is 10.8. The number of fused-ring (bicyclic) bond motifs is 20. The van der Waals surface area contributed by atoms with E-state index in [-0.39, 0.29) is 16.5 Å². The van der Waals surface area contributed by atoms with Crippen molar-refractivity contribution in [3.05, 3.63) is 72.8 Å². The number of hydrogen-bond acceptors (Lipinski definition) is 10. The van der Waals surface area contributed by atoms with Crippen LogP contribution in [0.1, 0.15) is 0 Å². The third kappa shape index (κ3) is 4.05. The van der Waals surface area contributed by atoms with Gasteiger partial charge in [0.05, 0.1) is 0 Å². The van der Waals surface area contributed by atoms with Gasteiger partial charge in [-0.1, -0.05) is 0 Å². The zero-order chi connectivity index (χ0) is 29.7. The standard InChI is InChI=1S/C32H22N12.Ni/c33-13-1-5-17-21(9-13)29-38-25(17)37-26-18-6-2-15(35)11-23(18)31(39-26)44-32-24-12-16(36)4-8-20(24)28(43-32)42-30-22-10-14(34)3-7-19(22)27(40-29)41-30;/h1-12H,33-36H2,(H2,37,38,39,40,41,42,43,44);. The Labute approximate surface area is 263 Å². The summed E-state index contributed by atoms with van der Waals surface area (Å²) in [5, 5.41) is 3.22. The molecule has 7 aromatic rings. The summed E-state index contributed by atoms with van der Waals surface area (Å²) in [7, 11) is 0. The molecule has 2 aliphatic heterocycles. The van der Waals surface area contributed by atoms with Gasteiger partial charge < -0.3 is 32.9 Å². The first-order valence-corrected chi connectivity index (χ1v) is 13.8. The van der Waals surface area contributed by atoms with E-state index in [9.17, 15) is 0 Å². The van der Waals surface area contributed by atoms with Gasteiger partial charge in [-0.2, -0.15) is 0 Å². The second kappa shape index (κ2) is 9.47. The van der Waals surface area contributed by atoms with Crippen LogP contribution in [0.5, 0.6) is 0 Å². The zero-order valence-electron chi connectivity index (χ0n) is 23.2. The molecule has 0 saturated heterocycles. The molecule has 0 amide bonds. The van der Waals surface area contributed by atoms with Crippen molar-refractivity contribution in [3.8, 4) is 45.6 Å². The number of nitrogens with zero attached hydrogens (tertiary/aromatic N) is 6. The van der Waals surface area contributed by atoms with Crippen LogP contribution >= 0.6 is 0 Å². The molecule has 10 N–H and O–H groups in total. The Balaban J connectivity index is 0.00000300. The van der Waals surface area contributed by atoms with Crippen LogP contribution in [-0.2, 0) is 16.5 Å². The van der Waals surface area contributed by atoms with Crippen LogP contribution in [0, 0.1) is 0 Å². The Morgan fingerprint density at radius 3 is 1.11 bits per heavy atom. The molecule has 3 aromatic heterocycles. The fourth-order valence-corrected chi connectivity index (χ4v) is 5.86. The van der Waals surface area contributed by atoms with Gasteiger partial charge in [-0.25, -0.2) is 29.9 Å². The quantitative estimate of drug-likeness (QED) is 0.0949. The smallest absolute Gasteiger partial charge is 0.164 e. The van der Waals surface area contributed by atoms with E-state index in [0.29, 0.717) is 68.6 Å². The first kappa shape index (κ1) is 26.6. The average Bonchev–Trinajstić information content (AvgIpc) is 3.71. The maximum Gasteiger partial charge on any atom is 0.164 e. The predicted molar refractivity (Wildman–Crippen MR) is 174 cm³/mol. The Bertz CT molecular complexity index is 2570. The molecule has 8 bridgehead atoms. The average molecular weight is 633 g/mol. The van der Waals surface area contributed by atoms with E-state index >= 15 is 0 Å². The van der Waals surface area contributed by atoms with Crippen molar-refractivity contribution >= 4 is 66.9 Å². The predicted octanol–water partition coefficient (Wildman–Crippen LogP) is 5.20. The molecule has 45 heavy (non-hydrogen) atoms. The summed E-state index contributed by atoms with van der Waals surface area (Å²) in [5.41, 5.74) is 32.5. The molecule has 0 spiro atoms. The van der Waals surface area contributed by atoms with Gasteiger partial charge in [0.2, 0.25) is 0 Å². The van der Waals surface area contributed by atoms with Gasteiger partial charge in [-0.15, -0.1) is 0 Å². The molecule has 4 aromatic carbocycles. The largest absolute Gasteiger partial charge is 0.399 e. The molecule has 0 aliphatic carbocycles. The number of aromatic amines is 2. The topological polar surface area (TPSA) is 213 Å². The van der Waals surface area contributed by atoms with Gasteiger partial charge in [0, 0.05) is 83.0 Å². The third-order valence-corrected chi connectivity index (χ3v) is 7.93. The van der Waals surface area contributed by atoms with E-state index in [1.54, 1.807) is 0 Å². The number of anilines is 4. The Hall–Kier alpha value is -6.07. The minimum absolute atomic E-state index is 0. The SMILES string of the molecule is Nc1ccc2c(c1)-c1nc-2nc2[nH]c(nc3nc(nc4[nH]c(n1)c1ccc(N)cc41)-c1cc(N)ccc1-3)c1ccc(N)cc21.[Ni]. The van der Waals surface area contributed by atoms with Crippen molar-refractivity contribution in [3.63, 3.8) is 0 Å². The van der Waals surface area contributed by atoms with Gasteiger partial charge >= 0.3 is 0 Å². The van der Waals surface area contributed by atoms with Crippen molar-refractivity contribution in [2.24, 2.45) is 0 Å². The summed E-state index contributed by atoms with van der Waals surface area (Å²) in [6, 6.07) is 22.3. The fourth-order valence-electron chi connectivity index (χ4n) is 5.86. The van der Waals surface area contributed by atoms with Crippen LogP contribution in [0.3, 0.4) is 0 Å². The molecule has 0 atom stereocenters. The molecule has 0 fully saturated rings. The third-order valence-electron chi connectivity index (χ3n) is 7.93. The molecule has 9 rings (SSSR count). The van der Waals surface area contributed by atoms with Gasteiger partial charge in [0.1, 0.15) is 22.6 Å². The number of H-pyrrole nitrogens is 2. The molecule has 12 nitrogen and oxygen atoms in total. The van der Waals surface area contributed by atoms with Crippen molar-refractivity contribution in [1.82, 2.24) is 39.9 Å². The Morgan fingerprint density at radius 1 is 0.356 bits per heavy atom. The molecule has 0 saturated carbocycles. The summed E-state index contributed by atoms with van der Waals surface area (Å²) in [6.45, 7) is 0. The van der Waals surface area contributed by atoms with Crippen molar-refractivity contribution in [2.45, 2.75) is 0 Å². The van der Waals surface area contributed by atoms with Crippen LogP contribution in [0.15, 0.2) is 72.8 Å². The molecule has 220 valence electrons. The first-order chi connectivity index (χ1) is 21.4. The summed E-state index contributed by atoms with van der Waals surface area (Å²) in [6.07, 6.45) is 0. The number of nitrogens with two attached hydrogens (primary N) is 4. The van der Waals surface area contributed by atoms with E-state index in [1.165, 1.54) is 0 Å². The Morgan fingerprint density at radius 2 is 0.689 bits per heavy atom. The normalized spacial score (nSPS) is 11.7. The molecular weight excluding hydrogens is 611 g/mol. The zero-order valence-corrected chi connectivity index (χ0v) is 24.2. The first-order valence-electron chi connectivity index (χ1n) is 13.8. The molecular formula is C32H22N12Ni. The minimum atomic E-state index is 0. The number of benzene rings is 4. The number of nitrogen functional groups attached to an aromatic ring is 4. The minimum Gasteiger partial charge on any atom is -0.399 e. The second-order valence-corrected chi connectivity index (χ2v) is 10.8. The van der Waals surface area contributed by atoms with Gasteiger partial charge in [-0.3, -0.25) is 0 Å². The van der Waals surface area contributed by atoms with Crippen molar-refractivity contribution in [1.29, 1.82) is 0 Å². The number of hydrogen-bond donors (Lipinski definition) is 6. The van der Waals surface area contributed by atoms with Crippen LogP contribution in [-0.4, -0.2) is 39.9 Å². The maximum absolute atomic E-state index is 6.21. The number of nitrogens with one attached hydrogen (secondary N) is 2. The van der Waals surface area contributed by atoms with Crippen LogP contribution in [0.25, 0.3) is 89.7 Å². The van der Waals surface area contributed by atoms with Crippen LogP contribution in [0.4, 0.5) is 22.7 Å². The van der Waals surface area contributed by atoms with E-state index < -0.39 is 0 Å². The van der Waals surface area contributed by atoms with E-state index in [1.807, 2.05) is 72.8 Å². The van der Waals surface area contributed by atoms with Crippen molar-refractivity contribution in [2.75, 3.05) is 22.9 Å². The molecule has 5 heterocycles. The maximum atomic E-state index is 6.21. The van der Waals surface area contributed by atoms with E-state index in [2.05, 4.69) is 9.97 Å². The summed E-state index contributed by atoms with van der Waals surface area (Å²) in [5.74, 6) is 1.86. The van der Waals surface area contributed by atoms with Gasteiger partial charge in [0.15, 0.2) is 23.3 Å². The number of aromatic nitrogens is 8. The monoisotopic (exact) mass is 632 g/mol. The van der Waals surface area contributed by atoms with E-state index in [4.69, 9.17) is 52.8 Å². The molecule has 2 aliphatic rings. The summed E-state index contributed by atoms with van der Waals surface area (Å²) in [4.78, 5) is 36.4. The molecule has 0 unspecified atom stereocenters.